The van der Waals surface area contributed by atoms with E-state index in [1.165, 1.54) is 19.3 Å². The molecule has 0 aromatic carbocycles. The number of carbonyl (C=O) groups is 2. The zero-order valence-electron chi connectivity index (χ0n) is 16.0. The van der Waals surface area contributed by atoms with Crippen molar-refractivity contribution in [3.8, 4) is 0 Å². The van der Waals surface area contributed by atoms with E-state index >= 15 is 0 Å². The summed E-state index contributed by atoms with van der Waals surface area (Å²) in [6.07, 6.45) is 8.67. The molecule has 2 rings (SSSR count). The Morgan fingerprint density at radius 3 is 2.82 bits per heavy atom. The molecule has 154 valence electrons. The zero-order valence-corrected chi connectivity index (χ0v) is 16.0. The second-order valence-corrected chi connectivity index (χ2v) is 6.83. The highest BCUT2D eigenvalue weighted by molar-refractivity contribution is 5.93. The standard InChI is InChI=1S/C18H26N4O6/c1-14(15-6-3-2-4-7-15)20-18(24)27-13-21-10-5-8-16(12-21)17(23)19-9-11-28-22(25)26/h5,8,10,12,14-15H,2-4,6-7,9,11,13H2,1H3,(H-2,19,20,23,24,25,26)/p+2. The van der Waals surface area contributed by atoms with Crippen LogP contribution in [-0.4, -0.2) is 41.5 Å². The van der Waals surface area contributed by atoms with Crippen molar-refractivity contribution in [1.82, 2.24) is 10.6 Å². The fraction of sp³-hybridized carbons (Fsp3) is 0.611. The number of amides is 2. The molecule has 0 saturated heterocycles. The molecular formula is C18H28N4O6+2. The second-order valence-electron chi connectivity index (χ2n) is 6.83. The first kappa shape index (κ1) is 21.4. The van der Waals surface area contributed by atoms with E-state index in [1.54, 1.807) is 29.1 Å². The molecule has 10 nitrogen and oxygen atoms in total. The summed E-state index contributed by atoms with van der Waals surface area (Å²) in [5.74, 6) is 0.105. The molecule has 1 aliphatic rings. The zero-order chi connectivity index (χ0) is 20.4. The van der Waals surface area contributed by atoms with Crippen LogP contribution in [0.4, 0.5) is 4.79 Å². The molecule has 1 atom stereocenters. The number of aromatic nitrogens is 1. The number of ether oxygens (including phenoxy) is 1. The van der Waals surface area contributed by atoms with Crippen LogP contribution in [0.2, 0.25) is 0 Å². The number of pyridine rings is 1. The molecule has 2 amide bonds. The van der Waals surface area contributed by atoms with E-state index in [2.05, 4.69) is 15.5 Å². The lowest BCUT2D eigenvalue weighted by Crippen LogP contribution is -2.43. The summed E-state index contributed by atoms with van der Waals surface area (Å²) in [4.78, 5) is 38.5. The van der Waals surface area contributed by atoms with Crippen molar-refractivity contribution in [2.75, 3.05) is 13.2 Å². The van der Waals surface area contributed by atoms with E-state index in [1.807, 2.05) is 6.92 Å². The maximum Gasteiger partial charge on any atom is 0.475 e. The Kier molecular flexibility index (Phi) is 8.44. The smallest absolute Gasteiger partial charge is 0.388 e. The molecule has 1 unspecified atom stereocenters. The molecule has 1 fully saturated rings. The Labute approximate surface area is 163 Å². The SMILES string of the molecule is CC(NC(=O)OC[n+]1cccc(C(=O)NCCO[N+](=O)O)c1)C1CCCCC1. The molecule has 3 N–H and O–H groups in total. The van der Waals surface area contributed by atoms with Crippen LogP contribution in [-0.2, 0) is 16.3 Å². The molecule has 28 heavy (non-hydrogen) atoms. The van der Waals surface area contributed by atoms with Crippen LogP contribution in [0.3, 0.4) is 0 Å². The maximum atomic E-state index is 12.0. The van der Waals surface area contributed by atoms with Gasteiger partial charge < -0.3 is 15.4 Å². The van der Waals surface area contributed by atoms with Gasteiger partial charge in [-0.2, -0.15) is 9.40 Å². The van der Waals surface area contributed by atoms with Gasteiger partial charge in [0.1, 0.15) is 10.5 Å². The first-order valence-electron chi connectivity index (χ1n) is 9.45. The molecule has 0 spiro atoms. The van der Waals surface area contributed by atoms with Gasteiger partial charge in [-0.3, -0.25) is 4.79 Å². The molecule has 1 heterocycles. The quantitative estimate of drug-likeness (QED) is 0.330. The van der Waals surface area contributed by atoms with Gasteiger partial charge >= 0.3 is 11.2 Å². The molecule has 1 aliphatic carbocycles. The van der Waals surface area contributed by atoms with Gasteiger partial charge in [0.05, 0.1) is 6.54 Å². The van der Waals surface area contributed by atoms with Crippen molar-refractivity contribution >= 4 is 12.0 Å². The average Bonchev–Trinajstić information content (AvgIpc) is 2.70. The predicted octanol–water partition coefficient (Wildman–Crippen LogP) is 1.46. The normalized spacial score (nSPS) is 15.3. The van der Waals surface area contributed by atoms with Crippen LogP contribution in [0.1, 0.15) is 49.4 Å². The number of nitrogens with one attached hydrogen (secondary N) is 2. The minimum atomic E-state index is -0.667. The summed E-state index contributed by atoms with van der Waals surface area (Å²) >= 11 is 0. The number of hydrogen-bond donors (Lipinski definition) is 3. The minimum Gasteiger partial charge on any atom is -0.388 e. The largest absolute Gasteiger partial charge is 0.475 e. The Balaban J connectivity index is 1.76. The van der Waals surface area contributed by atoms with E-state index in [9.17, 15) is 14.5 Å². The minimum absolute atomic E-state index is 0.0247. The lowest BCUT2D eigenvalue weighted by Gasteiger charge is -2.27. The van der Waals surface area contributed by atoms with Crippen molar-refractivity contribution in [2.24, 2.45) is 5.92 Å². The summed E-state index contributed by atoms with van der Waals surface area (Å²) in [6, 6.07) is 3.33. The van der Waals surface area contributed by atoms with Crippen molar-refractivity contribution in [3.63, 3.8) is 0 Å². The molecule has 1 aromatic heterocycles. The molecular weight excluding hydrogens is 368 g/mol. The molecule has 10 heteroatoms. The van der Waals surface area contributed by atoms with Crippen LogP contribution in [0.25, 0.3) is 0 Å². The summed E-state index contributed by atoms with van der Waals surface area (Å²) in [6.45, 7) is 1.86. The first-order valence-corrected chi connectivity index (χ1v) is 9.45. The second kappa shape index (κ2) is 11.1. The van der Waals surface area contributed by atoms with Crippen molar-refractivity contribution < 1.29 is 34.0 Å². The third-order valence-corrected chi connectivity index (χ3v) is 4.76. The number of carbonyl (C=O) groups excluding carboxylic acids is 2. The van der Waals surface area contributed by atoms with E-state index < -0.39 is 11.2 Å². The molecule has 0 radical (unpaired) electrons. The fourth-order valence-electron chi connectivity index (χ4n) is 3.24. The van der Waals surface area contributed by atoms with Gasteiger partial charge in [-0.05, 0) is 31.7 Å². The van der Waals surface area contributed by atoms with Gasteiger partial charge in [0.15, 0.2) is 19.0 Å². The monoisotopic (exact) mass is 396 g/mol. The van der Waals surface area contributed by atoms with Crippen LogP contribution in [0.15, 0.2) is 24.5 Å². The first-order chi connectivity index (χ1) is 13.5. The summed E-state index contributed by atoms with van der Waals surface area (Å²) in [5.41, 5.74) is 0.352. The fourth-order valence-corrected chi connectivity index (χ4v) is 3.24. The van der Waals surface area contributed by atoms with Crippen molar-refractivity contribution in [2.45, 2.75) is 51.8 Å². The highest BCUT2D eigenvalue weighted by Crippen LogP contribution is 2.26. The molecule has 1 aromatic rings. The van der Waals surface area contributed by atoms with Crippen LogP contribution in [0.5, 0.6) is 0 Å². The summed E-state index contributed by atoms with van der Waals surface area (Å²) in [5, 5.41) is 13.0. The lowest BCUT2D eigenvalue weighted by molar-refractivity contribution is -0.975. The predicted molar refractivity (Wildman–Crippen MR) is 96.0 cm³/mol. The van der Waals surface area contributed by atoms with E-state index in [-0.39, 0.29) is 31.8 Å². The molecule has 0 aliphatic heterocycles. The van der Waals surface area contributed by atoms with Gasteiger partial charge in [0, 0.05) is 12.1 Å². The number of nitrogens with zero attached hydrogens (tertiary/aromatic N) is 2. The highest BCUT2D eigenvalue weighted by atomic mass is 16.9. The maximum absolute atomic E-state index is 12.0. The van der Waals surface area contributed by atoms with Gasteiger partial charge in [-0.15, -0.1) is 0 Å². The third kappa shape index (κ3) is 7.37. The van der Waals surface area contributed by atoms with Crippen LogP contribution < -0.4 is 15.2 Å². The van der Waals surface area contributed by atoms with Crippen LogP contribution in [0, 0.1) is 10.8 Å². The molecule has 0 bridgehead atoms. The Bertz CT molecular complexity index is 678. The van der Waals surface area contributed by atoms with E-state index in [0.717, 1.165) is 12.8 Å². The van der Waals surface area contributed by atoms with Gasteiger partial charge in [0.25, 0.3) is 12.6 Å². The number of alkyl carbamates (subject to hydrolysis) is 1. The van der Waals surface area contributed by atoms with E-state index in [0.29, 0.717) is 11.5 Å². The third-order valence-electron chi connectivity index (χ3n) is 4.76. The lowest BCUT2D eigenvalue weighted by atomic mass is 9.85. The topological polar surface area (TPSA) is 121 Å². The number of rotatable bonds is 9. The van der Waals surface area contributed by atoms with Gasteiger partial charge in [-0.25, -0.2) is 10.0 Å². The average molecular weight is 396 g/mol. The highest BCUT2D eigenvalue weighted by Gasteiger charge is 2.22. The Morgan fingerprint density at radius 2 is 2.11 bits per heavy atom. The van der Waals surface area contributed by atoms with Crippen LogP contribution >= 0.6 is 0 Å². The van der Waals surface area contributed by atoms with Gasteiger partial charge in [0.2, 0.25) is 0 Å². The Hall–Kier alpha value is -2.91. The summed E-state index contributed by atoms with van der Waals surface area (Å²) in [7, 11) is 0. The van der Waals surface area contributed by atoms with Crippen molar-refractivity contribution in [1.29, 1.82) is 0 Å². The Morgan fingerprint density at radius 1 is 1.36 bits per heavy atom. The van der Waals surface area contributed by atoms with Crippen molar-refractivity contribution in [3.05, 3.63) is 35.0 Å². The van der Waals surface area contributed by atoms with E-state index in [4.69, 9.17) is 9.94 Å². The summed E-state index contributed by atoms with van der Waals surface area (Å²) < 4.78 is 6.82. The number of hydrogen-bond acceptors (Lipinski definition) is 5. The molecule has 1 saturated carbocycles. The van der Waals surface area contributed by atoms with Gasteiger partial charge in [-0.1, -0.05) is 19.3 Å².